The smallest absolute Gasteiger partial charge is 0.185 e. The molecule has 1 heterocycles. The predicted molar refractivity (Wildman–Crippen MR) is 45.7 cm³/mol. The summed E-state index contributed by atoms with van der Waals surface area (Å²) >= 11 is 10.7. The molecular formula is C4H3MoN2S3-. The van der Waals surface area contributed by atoms with Crippen molar-refractivity contribution in [1.29, 1.82) is 0 Å². The molecule has 0 aliphatic rings. The first-order valence-corrected chi connectivity index (χ1v) is 3.86. The fourth-order valence-corrected chi connectivity index (χ4v) is 1.23. The summed E-state index contributed by atoms with van der Waals surface area (Å²) in [6.07, 6.45) is 1.70. The van der Waals surface area contributed by atoms with Gasteiger partial charge >= 0.3 is 0 Å². The number of thiazole rings is 1. The molecule has 0 aliphatic heterocycles. The van der Waals surface area contributed by atoms with E-state index in [9.17, 15) is 0 Å². The zero-order valence-corrected chi connectivity index (χ0v) is 9.19. The number of aromatic nitrogens is 1. The molecule has 0 saturated carbocycles. The Morgan fingerprint density at radius 3 is 2.90 bits per heavy atom. The van der Waals surface area contributed by atoms with Gasteiger partial charge in [-0.15, -0.1) is 11.3 Å². The second-order valence-electron chi connectivity index (χ2n) is 1.25. The molecule has 1 N–H and O–H groups in total. The molecule has 1 aromatic rings. The first kappa shape index (κ1) is 10.4. The van der Waals surface area contributed by atoms with Gasteiger partial charge in [0.2, 0.25) is 0 Å². The van der Waals surface area contributed by atoms with Gasteiger partial charge in [0.05, 0.1) is 0 Å². The Morgan fingerprint density at radius 2 is 2.50 bits per heavy atom. The molecule has 10 heavy (non-hydrogen) atoms. The second kappa shape index (κ2) is 5.13. The van der Waals surface area contributed by atoms with Gasteiger partial charge in [-0.1, -0.05) is 4.32 Å². The third-order valence-electron chi connectivity index (χ3n) is 0.641. The van der Waals surface area contributed by atoms with Gasteiger partial charge in [0.1, 0.15) is 0 Å². The van der Waals surface area contributed by atoms with Crippen molar-refractivity contribution in [2.75, 3.05) is 5.32 Å². The van der Waals surface area contributed by atoms with Gasteiger partial charge in [-0.2, -0.15) is 0 Å². The predicted octanol–water partition coefficient (Wildman–Crippen LogP) is 1.38. The van der Waals surface area contributed by atoms with Gasteiger partial charge < -0.3 is 30.2 Å². The van der Waals surface area contributed by atoms with Crippen LogP contribution in [0.5, 0.6) is 0 Å². The van der Waals surface area contributed by atoms with Gasteiger partial charge in [0, 0.05) is 32.6 Å². The van der Waals surface area contributed by atoms with Gasteiger partial charge in [-0.25, -0.2) is 4.98 Å². The van der Waals surface area contributed by atoms with Crippen LogP contribution in [-0.2, 0) is 33.7 Å². The van der Waals surface area contributed by atoms with Crippen LogP contribution in [0, 0.1) is 0 Å². The number of hydrogen-bond acceptors (Lipinski definition) is 4. The van der Waals surface area contributed by atoms with Crippen molar-refractivity contribution in [1.82, 2.24) is 4.98 Å². The minimum Gasteiger partial charge on any atom is -0.411 e. The molecule has 0 spiro atoms. The van der Waals surface area contributed by atoms with E-state index < -0.39 is 0 Å². The van der Waals surface area contributed by atoms with Crippen LogP contribution in [0.3, 0.4) is 0 Å². The van der Waals surface area contributed by atoms with Crippen LogP contribution in [-0.4, -0.2) is 9.30 Å². The van der Waals surface area contributed by atoms with E-state index in [2.05, 4.69) is 35.1 Å². The molecule has 0 aromatic carbocycles. The Labute approximate surface area is 88.1 Å². The number of thiocarbonyl (C=S) groups is 1. The topological polar surface area (TPSA) is 24.9 Å². The Hall–Kier alpha value is 0.428. The van der Waals surface area contributed by atoms with Crippen LogP contribution in [0.4, 0.5) is 5.13 Å². The van der Waals surface area contributed by atoms with Crippen molar-refractivity contribution in [2.24, 2.45) is 0 Å². The molecule has 2 nitrogen and oxygen atoms in total. The fraction of sp³-hybridized carbons (Fsp3) is 0. The van der Waals surface area contributed by atoms with Crippen molar-refractivity contribution in [3.05, 3.63) is 11.6 Å². The van der Waals surface area contributed by atoms with E-state index in [0.717, 1.165) is 5.13 Å². The maximum absolute atomic E-state index is 4.61. The molecule has 0 saturated heterocycles. The van der Waals surface area contributed by atoms with E-state index in [0.29, 0.717) is 4.32 Å². The molecule has 0 fully saturated rings. The van der Waals surface area contributed by atoms with Crippen LogP contribution >= 0.6 is 23.6 Å². The van der Waals surface area contributed by atoms with Gasteiger partial charge in [0.15, 0.2) is 5.13 Å². The van der Waals surface area contributed by atoms with Gasteiger partial charge in [-0.3, -0.25) is 0 Å². The van der Waals surface area contributed by atoms with Gasteiger partial charge in [0.25, 0.3) is 0 Å². The molecule has 6 heteroatoms. The van der Waals surface area contributed by atoms with Crippen LogP contribution in [0.2, 0.25) is 0 Å². The zero-order chi connectivity index (χ0) is 6.69. The molecule has 0 atom stereocenters. The van der Waals surface area contributed by atoms with Crippen LogP contribution < -0.4 is 5.32 Å². The monoisotopic (exact) mass is 273 g/mol. The van der Waals surface area contributed by atoms with Gasteiger partial charge in [-0.05, 0) is 0 Å². The first-order valence-electron chi connectivity index (χ1n) is 2.16. The summed E-state index contributed by atoms with van der Waals surface area (Å²) in [6, 6.07) is 0. The van der Waals surface area contributed by atoms with Crippen molar-refractivity contribution in [3.8, 4) is 0 Å². The number of nitrogens with zero attached hydrogens (tertiary/aromatic N) is 1. The van der Waals surface area contributed by atoms with E-state index in [1.807, 2.05) is 5.38 Å². The Morgan fingerprint density at radius 1 is 1.80 bits per heavy atom. The summed E-state index contributed by atoms with van der Waals surface area (Å²) in [5.41, 5.74) is 0. The van der Waals surface area contributed by atoms with Crippen molar-refractivity contribution in [3.63, 3.8) is 0 Å². The van der Waals surface area contributed by atoms with E-state index >= 15 is 0 Å². The molecule has 0 radical (unpaired) electrons. The maximum Gasteiger partial charge on any atom is 0.185 e. The number of nitrogens with one attached hydrogen (secondary N) is 1. The Balaban J connectivity index is 0.000000810. The fourth-order valence-electron chi connectivity index (χ4n) is 0.372. The second-order valence-corrected chi connectivity index (χ2v) is 3.22. The quantitative estimate of drug-likeness (QED) is 0.474. The minimum atomic E-state index is 0. The van der Waals surface area contributed by atoms with Crippen molar-refractivity contribution < 1.29 is 21.1 Å². The zero-order valence-electron chi connectivity index (χ0n) is 4.73. The van der Waals surface area contributed by atoms with E-state index in [-0.39, 0.29) is 21.1 Å². The molecule has 0 aliphatic carbocycles. The molecule has 54 valence electrons. The summed E-state index contributed by atoms with van der Waals surface area (Å²) in [5.74, 6) is 0. The number of anilines is 1. The average molecular weight is 271 g/mol. The van der Waals surface area contributed by atoms with E-state index in [4.69, 9.17) is 0 Å². The number of rotatable bonds is 1. The third-order valence-corrected chi connectivity index (χ3v) is 1.53. The van der Waals surface area contributed by atoms with Crippen LogP contribution in [0.15, 0.2) is 11.6 Å². The van der Waals surface area contributed by atoms with E-state index in [1.165, 1.54) is 11.3 Å². The first-order chi connectivity index (χ1) is 4.29. The Bertz CT molecular complexity index is 198. The van der Waals surface area contributed by atoms with Crippen molar-refractivity contribution >= 4 is 45.6 Å². The van der Waals surface area contributed by atoms with Crippen LogP contribution in [0.25, 0.3) is 0 Å². The van der Waals surface area contributed by atoms with E-state index in [1.54, 1.807) is 6.20 Å². The summed E-state index contributed by atoms with van der Waals surface area (Å²) in [5, 5.41) is 5.35. The molecule has 1 aromatic heterocycles. The molecule has 0 unspecified atom stereocenters. The third kappa shape index (κ3) is 3.56. The standard InChI is InChI=1S/C4H4N2S3.Mo/c7-4(8)6-3-5-1-2-9-3;/h1-2H,(H2,5,6,7,8);/p-1. The summed E-state index contributed by atoms with van der Waals surface area (Å²) in [4.78, 5) is 3.91. The average Bonchev–Trinajstić information content (AvgIpc) is 2.15. The summed E-state index contributed by atoms with van der Waals surface area (Å²) in [7, 11) is 0. The maximum atomic E-state index is 4.61. The number of hydrogen-bond donors (Lipinski definition) is 1. The van der Waals surface area contributed by atoms with Crippen molar-refractivity contribution in [2.45, 2.75) is 0 Å². The summed E-state index contributed by atoms with van der Waals surface area (Å²) in [6.45, 7) is 0. The Kier molecular flexibility index (Phi) is 5.35. The molecular weight excluding hydrogens is 268 g/mol. The largest absolute Gasteiger partial charge is 0.411 e. The SMILES string of the molecule is S=C([S-])Nc1nccs1.[Mo]. The normalized spacial score (nSPS) is 8.00. The molecule has 0 amide bonds. The van der Waals surface area contributed by atoms with Crippen LogP contribution in [0.1, 0.15) is 0 Å². The minimum absolute atomic E-state index is 0. The summed E-state index contributed by atoms with van der Waals surface area (Å²) < 4.78 is 0.338. The molecule has 1 rings (SSSR count). The molecule has 0 bridgehead atoms.